The van der Waals surface area contributed by atoms with Gasteiger partial charge in [0.15, 0.2) is 5.96 Å². The molecule has 0 aromatic heterocycles. The highest BCUT2D eigenvalue weighted by Gasteiger charge is 2.43. The average molecular weight is 408 g/mol. The summed E-state index contributed by atoms with van der Waals surface area (Å²) in [4.78, 5) is 6.86. The molecule has 1 aliphatic carbocycles. The van der Waals surface area contributed by atoms with Crippen molar-refractivity contribution >= 4 is 5.96 Å². The molecule has 1 aromatic rings. The van der Waals surface area contributed by atoms with Crippen LogP contribution in [-0.2, 0) is 9.47 Å². The molecule has 3 unspecified atom stereocenters. The molecule has 0 bridgehead atoms. The Balaban J connectivity index is 1.27. The van der Waals surface area contributed by atoms with Crippen molar-refractivity contribution in [1.29, 1.82) is 0 Å². The van der Waals surface area contributed by atoms with Crippen LogP contribution in [0.5, 0.6) is 0 Å². The lowest BCUT2D eigenvalue weighted by molar-refractivity contribution is -0.0367. The van der Waals surface area contributed by atoms with E-state index in [1.165, 1.54) is 18.2 Å². The van der Waals surface area contributed by atoms with E-state index in [0.29, 0.717) is 13.2 Å². The maximum Gasteiger partial charge on any atom is 0.194 e. The van der Waals surface area contributed by atoms with E-state index in [1.54, 1.807) is 0 Å². The van der Waals surface area contributed by atoms with E-state index in [0.717, 1.165) is 57.8 Å². The van der Waals surface area contributed by atoms with Gasteiger partial charge >= 0.3 is 0 Å². The maximum absolute atomic E-state index is 14.1. The summed E-state index contributed by atoms with van der Waals surface area (Å²) in [5.41, 5.74) is 0.196. The fourth-order valence-corrected chi connectivity index (χ4v) is 4.34. The first kappa shape index (κ1) is 20.5. The zero-order valence-corrected chi connectivity index (χ0v) is 17.1. The quantitative estimate of drug-likeness (QED) is 0.580. The van der Waals surface area contributed by atoms with Gasteiger partial charge in [-0.15, -0.1) is 0 Å². The lowest BCUT2D eigenvalue weighted by Crippen LogP contribution is -2.48. The third kappa shape index (κ3) is 5.07. The van der Waals surface area contributed by atoms with Crippen LogP contribution in [0.1, 0.15) is 50.5 Å². The molecule has 1 aromatic carbocycles. The van der Waals surface area contributed by atoms with E-state index < -0.39 is 11.6 Å². The summed E-state index contributed by atoms with van der Waals surface area (Å²) >= 11 is 0. The number of halogens is 2. The van der Waals surface area contributed by atoms with Crippen LogP contribution in [0.4, 0.5) is 8.78 Å². The number of hydrogen-bond acceptors (Lipinski definition) is 3. The van der Waals surface area contributed by atoms with E-state index >= 15 is 0 Å². The van der Waals surface area contributed by atoms with Crippen LogP contribution in [0.2, 0.25) is 0 Å². The highest BCUT2D eigenvalue weighted by molar-refractivity contribution is 5.81. The first-order valence-corrected chi connectivity index (χ1v) is 10.9. The van der Waals surface area contributed by atoms with Crippen molar-refractivity contribution in [2.75, 3.05) is 32.8 Å². The Kier molecular flexibility index (Phi) is 6.65. The lowest BCUT2D eigenvalue weighted by atomic mass is 10.1. The second-order valence-corrected chi connectivity index (χ2v) is 8.18. The second-order valence-electron chi connectivity index (χ2n) is 8.18. The third-order valence-corrected chi connectivity index (χ3v) is 6.07. The zero-order valence-electron chi connectivity index (χ0n) is 17.1. The predicted molar refractivity (Wildman–Crippen MR) is 108 cm³/mol. The molecule has 3 aliphatic rings. The Morgan fingerprint density at radius 1 is 1.24 bits per heavy atom. The van der Waals surface area contributed by atoms with E-state index in [1.807, 2.05) is 6.92 Å². The summed E-state index contributed by atoms with van der Waals surface area (Å²) in [6, 6.07) is 4.10. The van der Waals surface area contributed by atoms with Crippen molar-refractivity contribution in [3.63, 3.8) is 0 Å². The predicted octanol–water partition coefficient (Wildman–Crippen LogP) is 3.45. The van der Waals surface area contributed by atoms with Crippen molar-refractivity contribution in [2.45, 2.75) is 63.2 Å². The molecule has 3 atom stereocenters. The number of likely N-dealkylation sites (tertiary alicyclic amines) is 1. The van der Waals surface area contributed by atoms with Crippen LogP contribution in [0.25, 0.3) is 0 Å². The van der Waals surface area contributed by atoms with Crippen molar-refractivity contribution in [3.05, 3.63) is 35.4 Å². The lowest BCUT2D eigenvalue weighted by Gasteiger charge is -2.34. The highest BCUT2D eigenvalue weighted by atomic mass is 19.1. The molecule has 1 saturated carbocycles. The largest absolute Gasteiger partial charge is 0.376 e. The molecule has 2 aliphatic heterocycles. The summed E-state index contributed by atoms with van der Waals surface area (Å²) in [7, 11) is 0. The number of aliphatic imine (C=N–C) groups is 1. The van der Waals surface area contributed by atoms with Gasteiger partial charge in [-0.25, -0.2) is 8.78 Å². The molecule has 7 heteroatoms. The van der Waals surface area contributed by atoms with Crippen LogP contribution in [-0.4, -0.2) is 62.0 Å². The topological polar surface area (TPSA) is 46.1 Å². The van der Waals surface area contributed by atoms with Gasteiger partial charge in [0.25, 0.3) is 0 Å². The minimum atomic E-state index is -0.461. The van der Waals surface area contributed by atoms with Gasteiger partial charge in [0.05, 0.1) is 18.8 Å². The van der Waals surface area contributed by atoms with Crippen molar-refractivity contribution in [2.24, 2.45) is 4.99 Å². The molecule has 5 nitrogen and oxygen atoms in total. The van der Waals surface area contributed by atoms with Gasteiger partial charge in [-0.05, 0) is 51.2 Å². The first-order valence-electron chi connectivity index (χ1n) is 10.9. The Morgan fingerprint density at radius 3 is 2.66 bits per heavy atom. The SMILES string of the molecule is CCN=C(NC1CC1c1c(F)cccc1F)N1CCC(OCC2CCCO2)CC1. The molecule has 160 valence electrons. The number of nitrogens with zero attached hydrogens (tertiary/aromatic N) is 2. The number of piperidine rings is 1. The Bertz CT molecular complexity index is 696. The van der Waals surface area contributed by atoms with E-state index in [9.17, 15) is 8.78 Å². The van der Waals surface area contributed by atoms with E-state index in [4.69, 9.17) is 9.47 Å². The highest BCUT2D eigenvalue weighted by Crippen LogP contribution is 2.43. The summed E-state index contributed by atoms with van der Waals surface area (Å²) in [6.45, 7) is 5.95. The van der Waals surface area contributed by atoms with Crippen molar-refractivity contribution in [3.8, 4) is 0 Å². The standard InChI is InChI=1S/C22H31F2N3O2/c1-2-25-22(26-20-13-17(20)21-18(23)6-3-7-19(21)24)27-10-8-15(9-11-27)29-14-16-5-4-12-28-16/h3,6-7,15-17,20H,2,4-5,8-14H2,1H3,(H,25,26). The van der Waals surface area contributed by atoms with Crippen LogP contribution in [0, 0.1) is 11.6 Å². The van der Waals surface area contributed by atoms with Gasteiger partial charge in [-0.2, -0.15) is 0 Å². The van der Waals surface area contributed by atoms with E-state index in [2.05, 4.69) is 15.2 Å². The van der Waals surface area contributed by atoms with Crippen LogP contribution >= 0.6 is 0 Å². The van der Waals surface area contributed by atoms with Crippen LogP contribution in [0.15, 0.2) is 23.2 Å². The molecule has 1 N–H and O–H groups in total. The Morgan fingerprint density at radius 2 is 2.00 bits per heavy atom. The summed E-state index contributed by atoms with van der Waals surface area (Å²) in [5.74, 6) is -0.213. The van der Waals surface area contributed by atoms with Gasteiger partial charge in [0, 0.05) is 43.8 Å². The number of rotatable bonds is 6. The third-order valence-electron chi connectivity index (χ3n) is 6.07. The molecule has 0 amide bonds. The molecule has 3 fully saturated rings. The monoisotopic (exact) mass is 407 g/mol. The molecular weight excluding hydrogens is 376 g/mol. The Hall–Kier alpha value is -1.73. The van der Waals surface area contributed by atoms with Crippen LogP contribution in [0.3, 0.4) is 0 Å². The molecule has 4 rings (SSSR count). The minimum Gasteiger partial charge on any atom is -0.376 e. The number of hydrogen-bond donors (Lipinski definition) is 1. The summed E-state index contributed by atoms with van der Waals surface area (Å²) in [6.07, 6.45) is 5.38. The van der Waals surface area contributed by atoms with Gasteiger partial charge in [0.1, 0.15) is 11.6 Å². The smallest absolute Gasteiger partial charge is 0.194 e. The Labute approximate surface area is 171 Å². The number of benzene rings is 1. The molecule has 0 radical (unpaired) electrons. The molecule has 2 saturated heterocycles. The van der Waals surface area contributed by atoms with Gasteiger partial charge in [-0.1, -0.05) is 6.07 Å². The fraction of sp³-hybridized carbons (Fsp3) is 0.682. The number of nitrogens with one attached hydrogen (secondary N) is 1. The fourth-order valence-electron chi connectivity index (χ4n) is 4.34. The minimum absolute atomic E-state index is 0.0280. The van der Waals surface area contributed by atoms with Gasteiger partial charge < -0.3 is 19.7 Å². The summed E-state index contributed by atoms with van der Waals surface area (Å²) in [5, 5.41) is 3.44. The number of guanidine groups is 1. The normalized spacial score (nSPS) is 28.0. The molecule has 29 heavy (non-hydrogen) atoms. The zero-order chi connectivity index (χ0) is 20.2. The van der Waals surface area contributed by atoms with Gasteiger partial charge in [-0.3, -0.25) is 4.99 Å². The average Bonchev–Trinajstić information content (AvgIpc) is 3.25. The molecule has 2 heterocycles. The second kappa shape index (κ2) is 9.39. The van der Waals surface area contributed by atoms with Gasteiger partial charge in [0.2, 0.25) is 0 Å². The summed E-state index contributed by atoms with van der Waals surface area (Å²) < 4.78 is 39.8. The molecule has 0 spiro atoms. The van der Waals surface area contributed by atoms with Crippen molar-refractivity contribution < 1.29 is 18.3 Å². The molecular formula is C22H31F2N3O2. The van der Waals surface area contributed by atoms with E-state index in [-0.39, 0.29) is 29.7 Å². The van der Waals surface area contributed by atoms with Crippen molar-refractivity contribution in [1.82, 2.24) is 10.2 Å². The first-order chi connectivity index (χ1) is 14.2. The maximum atomic E-state index is 14.1. The van der Waals surface area contributed by atoms with Crippen LogP contribution < -0.4 is 5.32 Å². The number of ether oxygens (including phenoxy) is 2.